The molecule has 1 heterocycles. The van der Waals surface area contributed by atoms with Crippen molar-refractivity contribution in [2.24, 2.45) is 5.92 Å². The largest absolute Gasteiger partial charge is 0.353 e. The molecule has 2 N–H and O–H groups in total. The highest BCUT2D eigenvalue weighted by molar-refractivity contribution is 5.78. The molecule has 0 radical (unpaired) electrons. The van der Waals surface area contributed by atoms with Gasteiger partial charge >= 0.3 is 0 Å². The number of carbonyl (C=O) groups is 1. The molecule has 17 heavy (non-hydrogen) atoms. The van der Waals surface area contributed by atoms with E-state index in [1.165, 1.54) is 19.3 Å². The molecule has 1 aliphatic rings. The van der Waals surface area contributed by atoms with E-state index in [1.54, 1.807) is 0 Å². The topological polar surface area (TPSA) is 44.4 Å². The first kappa shape index (κ1) is 14.5. The highest BCUT2D eigenvalue weighted by Gasteiger charge is 2.20. The number of likely N-dealkylation sites (tertiary alicyclic amines) is 1. The van der Waals surface area contributed by atoms with Crippen molar-refractivity contribution >= 4 is 5.91 Å². The molecule has 0 spiro atoms. The molecule has 0 unspecified atom stereocenters. The lowest BCUT2D eigenvalue weighted by molar-refractivity contribution is -0.123. The number of amides is 1. The molecule has 4 heteroatoms. The highest BCUT2D eigenvalue weighted by atomic mass is 16.2. The van der Waals surface area contributed by atoms with Gasteiger partial charge in [-0.05, 0) is 65.7 Å². The van der Waals surface area contributed by atoms with Crippen LogP contribution in [0.5, 0.6) is 0 Å². The van der Waals surface area contributed by atoms with Gasteiger partial charge in [-0.2, -0.15) is 0 Å². The summed E-state index contributed by atoms with van der Waals surface area (Å²) in [7, 11) is 2.01. The third kappa shape index (κ3) is 6.03. The van der Waals surface area contributed by atoms with Crippen LogP contribution in [-0.4, -0.2) is 50.1 Å². The monoisotopic (exact) mass is 241 g/mol. The Morgan fingerprint density at radius 1 is 1.35 bits per heavy atom. The van der Waals surface area contributed by atoms with Crippen LogP contribution in [0, 0.1) is 5.92 Å². The number of nitrogens with one attached hydrogen (secondary N) is 2. The van der Waals surface area contributed by atoms with Crippen molar-refractivity contribution in [2.75, 3.05) is 33.2 Å². The van der Waals surface area contributed by atoms with Gasteiger partial charge in [-0.3, -0.25) is 9.69 Å². The van der Waals surface area contributed by atoms with Gasteiger partial charge in [-0.25, -0.2) is 0 Å². The zero-order chi connectivity index (χ0) is 12.7. The van der Waals surface area contributed by atoms with Crippen LogP contribution >= 0.6 is 0 Å². The smallest absolute Gasteiger partial charge is 0.234 e. The van der Waals surface area contributed by atoms with Crippen molar-refractivity contribution < 1.29 is 4.79 Å². The fourth-order valence-electron chi connectivity index (χ4n) is 2.35. The van der Waals surface area contributed by atoms with Gasteiger partial charge in [0.15, 0.2) is 0 Å². The van der Waals surface area contributed by atoms with Gasteiger partial charge in [0, 0.05) is 6.04 Å². The second-order valence-corrected chi connectivity index (χ2v) is 5.33. The van der Waals surface area contributed by atoms with Gasteiger partial charge in [-0.1, -0.05) is 0 Å². The van der Waals surface area contributed by atoms with Gasteiger partial charge in [0.25, 0.3) is 0 Å². The molecule has 0 atom stereocenters. The summed E-state index contributed by atoms with van der Waals surface area (Å²) < 4.78 is 0. The van der Waals surface area contributed by atoms with Crippen molar-refractivity contribution in [1.82, 2.24) is 15.5 Å². The van der Waals surface area contributed by atoms with E-state index in [0.29, 0.717) is 6.54 Å². The van der Waals surface area contributed by atoms with Crippen LogP contribution in [0.4, 0.5) is 0 Å². The molecule has 1 rings (SSSR count). The summed E-state index contributed by atoms with van der Waals surface area (Å²) in [5.41, 5.74) is 0. The lowest BCUT2D eigenvalue weighted by Crippen LogP contribution is -2.43. The summed E-state index contributed by atoms with van der Waals surface area (Å²) in [4.78, 5) is 13.9. The number of hydrogen-bond donors (Lipinski definition) is 2. The lowest BCUT2D eigenvalue weighted by Gasteiger charge is -2.31. The SMILES string of the molecule is CNCCC1CCN(CC(=O)NC(C)C)CC1. The minimum absolute atomic E-state index is 0.161. The zero-order valence-corrected chi connectivity index (χ0v) is 11.5. The fraction of sp³-hybridized carbons (Fsp3) is 0.923. The summed E-state index contributed by atoms with van der Waals surface area (Å²) in [6, 6.07) is 0.246. The third-order valence-corrected chi connectivity index (χ3v) is 3.33. The Kier molecular flexibility index (Phi) is 6.52. The van der Waals surface area contributed by atoms with E-state index in [1.807, 2.05) is 20.9 Å². The number of piperidine rings is 1. The van der Waals surface area contributed by atoms with Crippen LogP contribution in [0.25, 0.3) is 0 Å². The standard InChI is InChI=1S/C13H27N3O/c1-11(2)15-13(17)10-16-8-5-12(6-9-16)4-7-14-3/h11-12,14H,4-10H2,1-3H3,(H,15,17). The third-order valence-electron chi connectivity index (χ3n) is 3.33. The molecule has 0 bridgehead atoms. The molecule has 0 aromatic rings. The molecule has 0 aromatic carbocycles. The van der Waals surface area contributed by atoms with Gasteiger partial charge < -0.3 is 10.6 Å². The zero-order valence-electron chi connectivity index (χ0n) is 11.5. The predicted molar refractivity (Wildman–Crippen MR) is 71.0 cm³/mol. The van der Waals surface area contributed by atoms with E-state index in [2.05, 4.69) is 15.5 Å². The van der Waals surface area contributed by atoms with E-state index < -0.39 is 0 Å². The minimum Gasteiger partial charge on any atom is -0.353 e. The molecule has 4 nitrogen and oxygen atoms in total. The maximum atomic E-state index is 11.6. The molecule has 1 aliphatic heterocycles. The molecule has 1 saturated heterocycles. The maximum Gasteiger partial charge on any atom is 0.234 e. The van der Waals surface area contributed by atoms with Crippen molar-refractivity contribution in [3.05, 3.63) is 0 Å². The molecule has 0 aliphatic carbocycles. The first-order valence-electron chi connectivity index (χ1n) is 6.78. The van der Waals surface area contributed by atoms with Crippen LogP contribution < -0.4 is 10.6 Å². The Morgan fingerprint density at radius 3 is 2.53 bits per heavy atom. The lowest BCUT2D eigenvalue weighted by atomic mass is 9.93. The molecule has 100 valence electrons. The average molecular weight is 241 g/mol. The summed E-state index contributed by atoms with van der Waals surface area (Å²) in [6.45, 7) is 7.82. The van der Waals surface area contributed by atoms with E-state index in [-0.39, 0.29) is 11.9 Å². The molecular weight excluding hydrogens is 214 g/mol. The Bertz CT molecular complexity index is 223. The predicted octanol–water partition coefficient (Wildman–Crippen LogP) is 0.833. The molecular formula is C13H27N3O. The highest BCUT2D eigenvalue weighted by Crippen LogP contribution is 2.19. The number of rotatable bonds is 6. The number of carbonyl (C=O) groups excluding carboxylic acids is 1. The average Bonchev–Trinajstić information content (AvgIpc) is 2.27. The first-order chi connectivity index (χ1) is 8.11. The van der Waals surface area contributed by atoms with Crippen LogP contribution in [0.15, 0.2) is 0 Å². The van der Waals surface area contributed by atoms with Gasteiger partial charge in [0.2, 0.25) is 5.91 Å². The quantitative estimate of drug-likeness (QED) is 0.724. The second-order valence-electron chi connectivity index (χ2n) is 5.33. The molecule has 0 aromatic heterocycles. The molecule has 1 amide bonds. The summed E-state index contributed by atoms with van der Waals surface area (Å²) in [5.74, 6) is 1.00. The van der Waals surface area contributed by atoms with Gasteiger partial charge in [0.05, 0.1) is 6.54 Å². The van der Waals surface area contributed by atoms with Crippen molar-refractivity contribution in [2.45, 2.75) is 39.2 Å². The normalized spacial score (nSPS) is 18.6. The Morgan fingerprint density at radius 2 is 2.00 bits per heavy atom. The van der Waals surface area contributed by atoms with Crippen LogP contribution in [0.1, 0.15) is 33.1 Å². The Labute approximate surface area is 105 Å². The Balaban J connectivity index is 2.16. The van der Waals surface area contributed by atoms with E-state index >= 15 is 0 Å². The van der Waals surface area contributed by atoms with Crippen molar-refractivity contribution in [1.29, 1.82) is 0 Å². The fourth-order valence-corrected chi connectivity index (χ4v) is 2.35. The van der Waals surface area contributed by atoms with E-state index in [0.717, 1.165) is 25.6 Å². The molecule has 1 fully saturated rings. The second kappa shape index (κ2) is 7.67. The van der Waals surface area contributed by atoms with E-state index in [9.17, 15) is 4.79 Å². The van der Waals surface area contributed by atoms with Crippen LogP contribution in [0.2, 0.25) is 0 Å². The summed E-state index contributed by atoms with van der Waals surface area (Å²) in [6.07, 6.45) is 3.73. The van der Waals surface area contributed by atoms with Gasteiger partial charge in [0.1, 0.15) is 0 Å². The molecule has 0 saturated carbocycles. The number of hydrogen-bond acceptors (Lipinski definition) is 3. The maximum absolute atomic E-state index is 11.6. The van der Waals surface area contributed by atoms with Crippen molar-refractivity contribution in [3.8, 4) is 0 Å². The van der Waals surface area contributed by atoms with Gasteiger partial charge in [-0.15, -0.1) is 0 Å². The Hall–Kier alpha value is -0.610. The van der Waals surface area contributed by atoms with Crippen molar-refractivity contribution in [3.63, 3.8) is 0 Å². The minimum atomic E-state index is 0.161. The summed E-state index contributed by atoms with van der Waals surface area (Å²) >= 11 is 0. The first-order valence-corrected chi connectivity index (χ1v) is 6.78. The van der Waals surface area contributed by atoms with E-state index in [4.69, 9.17) is 0 Å². The van der Waals surface area contributed by atoms with Crippen LogP contribution in [0.3, 0.4) is 0 Å². The van der Waals surface area contributed by atoms with Crippen LogP contribution in [-0.2, 0) is 4.79 Å². The summed E-state index contributed by atoms with van der Waals surface area (Å²) in [5, 5.41) is 6.15. The number of nitrogens with zero attached hydrogens (tertiary/aromatic N) is 1.